The van der Waals surface area contributed by atoms with Crippen LogP contribution in [0.2, 0.25) is 5.02 Å². The van der Waals surface area contributed by atoms with E-state index in [4.69, 9.17) is 34.1 Å². The van der Waals surface area contributed by atoms with E-state index in [2.05, 4.69) is 9.97 Å². The van der Waals surface area contributed by atoms with Crippen LogP contribution in [-0.2, 0) is 6.42 Å². The van der Waals surface area contributed by atoms with Crippen LogP contribution in [0, 0.1) is 17.1 Å². The predicted octanol–water partition coefficient (Wildman–Crippen LogP) is 3.44. The van der Waals surface area contributed by atoms with Crippen LogP contribution in [0.5, 0.6) is 0 Å². The summed E-state index contributed by atoms with van der Waals surface area (Å²) >= 11 is 6.17. The van der Waals surface area contributed by atoms with Crippen molar-refractivity contribution in [1.82, 2.24) is 14.5 Å². The van der Waals surface area contributed by atoms with Crippen LogP contribution < -0.4 is 22.8 Å². The molecule has 162 valence electrons. The zero-order chi connectivity index (χ0) is 23.4. The molecule has 4 aromatic rings. The number of pyridine rings is 1. The van der Waals surface area contributed by atoms with E-state index in [0.29, 0.717) is 22.5 Å². The van der Waals surface area contributed by atoms with Gasteiger partial charge in [-0.2, -0.15) is 15.2 Å². The van der Waals surface area contributed by atoms with E-state index in [1.54, 1.807) is 28.8 Å². The van der Waals surface area contributed by atoms with Crippen molar-refractivity contribution in [1.29, 1.82) is 5.26 Å². The normalized spacial score (nSPS) is 10.3. The predicted molar refractivity (Wildman–Crippen MR) is 124 cm³/mol. The standard InChI is InChI=1S/C17H13ClFNO.C5H6N6/c1-2-13-10-11-4-3-5-15(18)16(11)17(21)20(13)14-8-6-12(19)7-9-14;6-1-2-3(7)10-5(9)11-4(2)8/h3-10H,2H2,1H3;(H6,7,8,9,10,11). The molecule has 0 saturated heterocycles. The van der Waals surface area contributed by atoms with Crippen LogP contribution >= 0.6 is 11.6 Å². The third-order valence-electron chi connectivity index (χ3n) is 4.61. The molecule has 0 spiro atoms. The van der Waals surface area contributed by atoms with Gasteiger partial charge in [0.05, 0.1) is 10.4 Å². The molecule has 2 heterocycles. The number of rotatable bonds is 2. The Labute approximate surface area is 187 Å². The number of halogens is 2. The fourth-order valence-corrected chi connectivity index (χ4v) is 3.40. The monoisotopic (exact) mass is 451 g/mol. The summed E-state index contributed by atoms with van der Waals surface area (Å²) in [5, 5.41) is 10.2. The van der Waals surface area contributed by atoms with Crippen LogP contribution in [0.1, 0.15) is 18.2 Å². The van der Waals surface area contributed by atoms with E-state index < -0.39 is 0 Å². The van der Waals surface area contributed by atoms with Crippen LogP contribution in [0.15, 0.2) is 53.3 Å². The van der Waals surface area contributed by atoms with Crippen LogP contribution in [0.3, 0.4) is 0 Å². The highest BCUT2D eigenvalue weighted by Gasteiger charge is 2.12. The van der Waals surface area contributed by atoms with Crippen molar-refractivity contribution in [2.24, 2.45) is 0 Å². The van der Waals surface area contributed by atoms with Gasteiger partial charge in [-0.1, -0.05) is 30.7 Å². The van der Waals surface area contributed by atoms with Gasteiger partial charge in [0.15, 0.2) is 0 Å². The molecule has 0 bridgehead atoms. The number of fused-ring (bicyclic) bond motifs is 1. The molecular weight excluding hydrogens is 433 g/mol. The van der Waals surface area contributed by atoms with Gasteiger partial charge in [0.25, 0.3) is 5.56 Å². The Kier molecular flexibility index (Phi) is 6.56. The summed E-state index contributed by atoms with van der Waals surface area (Å²) < 4.78 is 14.7. The van der Waals surface area contributed by atoms with E-state index in [9.17, 15) is 9.18 Å². The molecule has 8 nitrogen and oxygen atoms in total. The summed E-state index contributed by atoms with van der Waals surface area (Å²) in [5.74, 6) is -0.335. The lowest BCUT2D eigenvalue weighted by Crippen LogP contribution is -2.22. The number of benzene rings is 2. The lowest BCUT2D eigenvalue weighted by Gasteiger charge is -2.14. The molecule has 0 amide bonds. The maximum atomic E-state index is 13.1. The third-order valence-corrected chi connectivity index (χ3v) is 4.93. The molecule has 0 fully saturated rings. The van der Waals surface area contributed by atoms with Crippen molar-refractivity contribution in [3.63, 3.8) is 0 Å². The maximum absolute atomic E-state index is 13.1. The molecule has 32 heavy (non-hydrogen) atoms. The van der Waals surface area contributed by atoms with Gasteiger partial charge in [-0.25, -0.2) is 4.39 Å². The number of nitrogens with zero attached hydrogens (tertiary/aromatic N) is 4. The maximum Gasteiger partial charge on any atom is 0.264 e. The first-order valence-electron chi connectivity index (χ1n) is 9.44. The zero-order valence-corrected chi connectivity index (χ0v) is 17.8. The fraction of sp³-hybridized carbons (Fsp3) is 0.0909. The highest BCUT2D eigenvalue weighted by atomic mass is 35.5. The number of nitriles is 1. The lowest BCUT2D eigenvalue weighted by molar-refractivity contribution is 0.627. The van der Waals surface area contributed by atoms with E-state index in [0.717, 1.165) is 11.1 Å². The average Bonchev–Trinajstić information content (AvgIpc) is 2.74. The number of hydrogen-bond acceptors (Lipinski definition) is 7. The fourth-order valence-electron chi connectivity index (χ4n) is 3.14. The molecule has 0 saturated carbocycles. The Bertz CT molecular complexity index is 1370. The zero-order valence-electron chi connectivity index (χ0n) is 17.0. The van der Waals surface area contributed by atoms with Crippen molar-refractivity contribution in [2.45, 2.75) is 13.3 Å². The first-order chi connectivity index (χ1) is 15.3. The van der Waals surface area contributed by atoms with Crippen LogP contribution in [-0.4, -0.2) is 14.5 Å². The molecule has 0 unspecified atom stereocenters. The summed E-state index contributed by atoms with van der Waals surface area (Å²) in [6.07, 6.45) is 0.690. The van der Waals surface area contributed by atoms with Gasteiger partial charge in [0.2, 0.25) is 5.95 Å². The molecule has 2 aromatic heterocycles. The Morgan fingerprint density at radius 3 is 2.28 bits per heavy atom. The van der Waals surface area contributed by atoms with Gasteiger partial charge < -0.3 is 17.2 Å². The number of nitrogens with two attached hydrogens (primary N) is 3. The second kappa shape index (κ2) is 9.32. The largest absolute Gasteiger partial charge is 0.382 e. The van der Waals surface area contributed by atoms with Gasteiger partial charge in [-0.05, 0) is 48.2 Å². The quantitative estimate of drug-likeness (QED) is 0.422. The minimum atomic E-state index is -0.330. The number of aryl methyl sites for hydroxylation is 1. The molecule has 0 aliphatic heterocycles. The summed E-state index contributed by atoms with van der Waals surface area (Å²) in [5.41, 5.74) is 17.2. The van der Waals surface area contributed by atoms with E-state index in [1.807, 2.05) is 25.1 Å². The van der Waals surface area contributed by atoms with Gasteiger partial charge in [-0.15, -0.1) is 0 Å². The summed E-state index contributed by atoms with van der Waals surface area (Å²) in [6.45, 7) is 1.98. The van der Waals surface area contributed by atoms with Gasteiger partial charge in [-0.3, -0.25) is 9.36 Å². The Balaban J connectivity index is 0.000000222. The summed E-state index contributed by atoms with van der Waals surface area (Å²) in [7, 11) is 0. The second-order valence-corrected chi connectivity index (χ2v) is 7.06. The molecular formula is C22H19ClFN7O. The molecule has 0 aliphatic carbocycles. The van der Waals surface area contributed by atoms with Gasteiger partial charge in [0.1, 0.15) is 29.1 Å². The lowest BCUT2D eigenvalue weighted by atomic mass is 10.1. The Morgan fingerprint density at radius 1 is 1.09 bits per heavy atom. The number of anilines is 3. The molecule has 0 radical (unpaired) electrons. The first-order valence-corrected chi connectivity index (χ1v) is 9.82. The Hall–Kier alpha value is -4.16. The highest BCUT2D eigenvalue weighted by Crippen LogP contribution is 2.23. The van der Waals surface area contributed by atoms with E-state index >= 15 is 0 Å². The van der Waals surface area contributed by atoms with Crippen molar-refractivity contribution in [3.05, 3.63) is 81.0 Å². The van der Waals surface area contributed by atoms with Crippen LogP contribution in [0.25, 0.3) is 16.5 Å². The summed E-state index contributed by atoms with van der Waals surface area (Å²) in [6, 6.07) is 15.0. The van der Waals surface area contributed by atoms with Crippen molar-refractivity contribution < 1.29 is 4.39 Å². The third kappa shape index (κ3) is 4.45. The second-order valence-electron chi connectivity index (χ2n) is 6.65. The Morgan fingerprint density at radius 2 is 1.72 bits per heavy atom. The molecule has 4 rings (SSSR count). The van der Waals surface area contributed by atoms with E-state index in [-0.39, 0.29) is 34.5 Å². The smallest absolute Gasteiger partial charge is 0.264 e. The molecule has 6 N–H and O–H groups in total. The van der Waals surface area contributed by atoms with Crippen molar-refractivity contribution in [3.8, 4) is 11.8 Å². The minimum absolute atomic E-state index is 0.0116. The first kappa shape index (κ1) is 22.5. The topological polar surface area (TPSA) is 150 Å². The van der Waals surface area contributed by atoms with Crippen molar-refractivity contribution >= 4 is 40.0 Å². The van der Waals surface area contributed by atoms with Gasteiger partial charge >= 0.3 is 0 Å². The average molecular weight is 452 g/mol. The summed E-state index contributed by atoms with van der Waals surface area (Å²) in [4.78, 5) is 19.9. The van der Waals surface area contributed by atoms with E-state index in [1.165, 1.54) is 12.1 Å². The number of aromatic nitrogens is 3. The highest BCUT2D eigenvalue weighted by molar-refractivity contribution is 6.35. The van der Waals surface area contributed by atoms with Crippen molar-refractivity contribution in [2.75, 3.05) is 17.2 Å². The number of nitrogen functional groups attached to an aromatic ring is 3. The molecule has 0 aliphatic rings. The molecule has 10 heteroatoms. The van der Waals surface area contributed by atoms with Crippen LogP contribution in [0.4, 0.5) is 22.0 Å². The number of hydrogen-bond donors (Lipinski definition) is 3. The molecule has 0 atom stereocenters. The SMILES string of the molecule is CCc1cc2cccc(Cl)c2c(=O)n1-c1ccc(F)cc1.N#Cc1c(N)nc(N)nc1N. The van der Waals surface area contributed by atoms with Gasteiger partial charge in [0, 0.05) is 11.4 Å². The molecule has 2 aromatic carbocycles. The minimum Gasteiger partial charge on any atom is -0.382 e.